The molecule has 0 N–H and O–H groups in total. The zero-order valence-electron chi connectivity index (χ0n) is 41.3. The van der Waals surface area contributed by atoms with Gasteiger partial charge in [0.15, 0.2) is 6.10 Å². The highest BCUT2D eigenvalue weighted by Gasteiger charge is 2.21. The van der Waals surface area contributed by atoms with E-state index >= 15 is 0 Å². The molecule has 0 aromatic rings. The van der Waals surface area contributed by atoms with Gasteiger partial charge < -0.3 is 27.9 Å². The quantitative estimate of drug-likeness (QED) is 0.0195. The molecule has 0 aromatic heterocycles. The number of carbonyl (C=O) groups excluding carboxylic acids is 2. The minimum absolute atomic E-state index is 0.0281. The Balaban J connectivity index is 3.82. The monoisotopic (exact) mass is 898 g/mol. The summed E-state index contributed by atoms with van der Waals surface area (Å²) in [7, 11) is 1.17. The number of hydrogen-bond acceptors (Lipinski definition) is 8. The maximum Gasteiger partial charge on any atom is 0.306 e. The zero-order chi connectivity index (χ0) is 45.7. The number of nitrogens with zero attached hydrogens (tertiary/aromatic N) is 1. The lowest BCUT2D eigenvalue weighted by molar-refractivity contribution is -0.870. The van der Waals surface area contributed by atoms with Crippen molar-refractivity contribution in [3.63, 3.8) is 0 Å². The molecule has 0 rings (SSSR count). The van der Waals surface area contributed by atoms with Gasteiger partial charge in [-0.2, -0.15) is 0 Å². The molecule has 9 nitrogen and oxygen atoms in total. The molecular weight excluding hydrogens is 798 g/mol. The van der Waals surface area contributed by atoms with Gasteiger partial charge in [0.05, 0.1) is 27.7 Å². The van der Waals surface area contributed by atoms with Gasteiger partial charge in [-0.25, -0.2) is 0 Å². The molecule has 0 aliphatic carbocycles. The predicted molar refractivity (Wildman–Crippen MR) is 259 cm³/mol. The fraction of sp³-hybridized carbons (Fsp3) is 0.885. The summed E-state index contributed by atoms with van der Waals surface area (Å²) in [4.78, 5) is 37.2. The van der Waals surface area contributed by atoms with Gasteiger partial charge in [-0.3, -0.25) is 14.2 Å². The highest BCUT2D eigenvalue weighted by atomic mass is 31.2. The highest BCUT2D eigenvalue weighted by molar-refractivity contribution is 7.45. The van der Waals surface area contributed by atoms with Crippen LogP contribution in [0.25, 0.3) is 0 Å². The standard InChI is InChI=1S/C52H100NO8P/c1-6-8-10-12-13-14-15-16-17-18-19-20-21-22-23-24-25-26-27-28-29-30-31-32-33-34-35-36-37-38-39-41-43-45-52(55)61-50(48-58-51(54)44-42-40-11-9-7-2)49-60-62(56,57)59-47-46-53(3,4)5/h15-16,18-19,50H,6-14,17,20-49H2,1-5H3/b16-15-,19-18-. The fourth-order valence-electron chi connectivity index (χ4n) is 7.39. The molecule has 0 amide bonds. The molecule has 0 aliphatic rings. The Morgan fingerprint density at radius 2 is 0.871 bits per heavy atom. The maximum absolute atomic E-state index is 12.6. The first-order valence-corrected chi connectivity index (χ1v) is 27.5. The third-order valence-electron chi connectivity index (χ3n) is 11.5. The van der Waals surface area contributed by atoms with Crippen LogP contribution >= 0.6 is 7.82 Å². The van der Waals surface area contributed by atoms with Gasteiger partial charge in [0, 0.05) is 12.8 Å². The molecule has 0 fully saturated rings. The Morgan fingerprint density at radius 3 is 1.27 bits per heavy atom. The third-order valence-corrected chi connectivity index (χ3v) is 12.4. The predicted octanol–water partition coefficient (Wildman–Crippen LogP) is 14.8. The number of phosphoric acid groups is 1. The molecular formula is C52H100NO8P. The summed E-state index contributed by atoms with van der Waals surface area (Å²) >= 11 is 0. The van der Waals surface area contributed by atoms with Crippen LogP contribution in [0.4, 0.5) is 0 Å². The van der Waals surface area contributed by atoms with Crippen LogP contribution in [0.1, 0.15) is 245 Å². The van der Waals surface area contributed by atoms with Crippen LogP contribution in [-0.4, -0.2) is 70.0 Å². The molecule has 0 saturated heterocycles. The molecule has 2 unspecified atom stereocenters. The molecule has 0 aromatic carbocycles. The van der Waals surface area contributed by atoms with Crippen molar-refractivity contribution >= 4 is 19.8 Å². The van der Waals surface area contributed by atoms with Crippen molar-refractivity contribution < 1.29 is 42.1 Å². The van der Waals surface area contributed by atoms with Crippen LogP contribution in [0.5, 0.6) is 0 Å². The first-order chi connectivity index (χ1) is 30.0. The van der Waals surface area contributed by atoms with E-state index in [1.54, 1.807) is 0 Å². The van der Waals surface area contributed by atoms with E-state index < -0.39 is 32.5 Å². The Labute approximate surface area is 383 Å². The normalized spacial score (nSPS) is 13.6. The summed E-state index contributed by atoms with van der Waals surface area (Å²) in [5.41, 5.74) is 0. The average Bonchev–Trinajstić information content (AvgIpc) is 3.22. The Morgan fingerprint density at radius 1 is 0.500 bits per heavy atom. The summed E-state index contributed by atoms with van der Waals surface area (Å²) in [5.74, 6) is -0.838. The molecule has 0 aliphatic heterocycles. The molecule has 2 atom stereocenters. The van der Waals surface area contributed by atoms with Crippen LogP contribution in [-0.2, 0) is 32.7 Å². The van der Waals surface area contributed by atoms with Gasteiger partial charge in [-0.1, -0.05) is 212 Å². The smallest absolute Gasteiger partial charge is 0.306 e. The zero-order valence-corrected chi connectivity index (χ0v) is 42.2. The Kier molecular flexibility index (Phi) is 43.6. The van der Waals surface area contributed by atoms with Crippen LogP contribution in [0.2, 0.25) is 0 Å². The van der Waals surface area contributed by atoms with Crippen LogP contribution < -0.4 is 4.89 Å². The summed E-state index contributed by atoms with van der Waals surface area (Å²) in [6.45, 7) is 4.14. The van der Waals surface area contributed by atoms with Crippen molar-refractivity contribution in [2.45, 2.75) is 251 Å². The summed E-state index contributed by atoms with van der Waals surface area (Å²) in [5, 5.41) is 0. The number of phosphoric ester groups is 1. The topological polar surface area (TPSA) is 111 Å². The molecule has 62 heavy (non-hydrogen) atoms. The van der Waals surface area contributed by atoms with Gasteiger partial charge in [0.2, 0.25) is 0 Å². The second-order valence-electron chi connectivity index (χ2n) is 18.9. The Hall–Kier alpha value is -1.51. The SMILES string of the molecule is CCCCCCC/C=C\C/C=C\CCCCCCCCCCCCCCCCCCCCCCCC(=O)OC(COC(=O)CCCCCCC)COP(=O)([O-])OCC[N+](C)(C)C. The van der Waals surface area contributed by atoms with Gasteiger partial charge >= 0.3 is 11.9 Å². The van der Waals surface area contributed by atoms with Crippen molar-refractivity contribution in [3.05, 3.63) is 24.3 Å². The first-order valence-electron chi connectivity index (χ1n) is 26.0. The summed E-state index contributed by atoms with van der Waals surface area (Å²) in [6.07, 6.45) is 51.5. The first kappa shape index (κ1) is 60.5. The molecule has 366 valence electrons. The van der Waals surface area contributed by atoms with E-state index in [2.05, 4.69) is 38.2 Å². The maximum atomic E-state index is 12.6. The van der Waals surface area contributed by atoms with Crippen LogP contribution in [0.15, 0.2) is 24.3 Å². The number of esters is 2. The average molecular weight is 898 g/mol. The molecule has 10 heteroatoms. The lowest BCUT2D eigenvalue weighted by Crippen LogP contribution is -2.37. The molecule has 0 bridgehead atoms. The molecule has 0 spiro atoms. The molecule has 0 saturated carbocycles. The van der Waals surface area contributed by atoms with Crippen molar-refractivity contribution in [1.82, 2.24) is 0 Å². The number of likely N-dealkylation sites (N-methyl/N-ethyl adjacent to an activating group) is 1. The lowest BCUT2D eigenvalue weighted by Gasteiger charge is -2.28. The summed E-state index contributed by atoms with van der Waals surface area (Å²) < 4.78 is 33.7. The number of quaternary nitrogens is 1. The van der Waals surface area contributed by atoms with Gasteiger partial charge in [-0.15, -0.1) is 0 Å². The van der Waals surface area contributed by atoms with Crippen molar-refractivity contribution in [2.24, 2.45) is 0 Å². The second-order valence-corrected chi connectivity index (χ2v) is 20.3. The molecule has 0 radical (unpaired) electrons. The fourth-order valence-corrected chi connectivity index (χ4v) is 8.12. The van der Waals surface area contributed by atoms with E-state index in [0.717, 1.165) is 51.4 Å². The largest absolute Gasteiger partial charge is 0.756 e. The van der Waals surface area contributed by atoms with Gasteiger partial charge in [0.1, 0.15) is 19.8 Å². The van der Waals surface area contributed by atoms with Crippen molar-refractivity contribution in [3.8, 4) is 0 Å². The van der Waals surface area contributed by atoms with Crippen molar-refractivity contribution in [2.75, 3.05) is 47.5 Å². The number of carbonyl (C=O) groups is 2. The molecule has 0 heterocycles. The minimum Gasteiger partial charge on any atom is -0.756 e. The lowest BCUT2D eigenvalue weighted by atomic mass is 10.0. The van der Waals surface area contributed by atoms with Crippen LogP contribution in [0.3, 0.4) is 0 Å². The van der Waals surface area contributed by atoms with E-state index in [0.29, 0.717) is 17.4 Å². The van der Waals surface area contributed by atoms with E-state index in [4.69, 9.17) is 18.5 Å². The minimum atomic E-state index is -4.61. The van der Waals surface area contributed by atoms with E-state index in [1.807, 2.05) is 21.1 Å². The summed E-state index contributed by atoms with van der Waals surface area (Å²) in [6, 6.07) is 0. The number of unbranched alkanes of at least 4 members (excludes halogenated alkanes) is 30. The van der Waals surface area contributed by atoms with Gasteiger partial charge in [-0.05, 0) is 44.9 Å². The van der Waals surface area contributed by atoms with E-state index in [9.17, 15) is 19.0 Å². The van der Waals surface area contributed by atoms with Crippen molar-refractivity contribution in [1.29, 1.82) is 0 Å². The number of hydrogen-bond donors (Lipinski definition) is 0. The van der Waals surface area contributed by atoms with E-state index in [1.165, 1.54) is 161 Å². The van der Waals surface area contributed by atoms with E-state index in [-0.39, 0.29) is 26.1 Å². The number of allylic oxidation sites excluding steroid dienone is 4. The number of ether oxygens (including phenoxy) is 2. The van der Waals surface area contributed by atoms with Gasteiger partial charge in [0.25, 0.3) is 7.82 Å². The number of rotatable bonds is 48. The van der Waals surface area contributed by atoms with Crippen LogP contribution in [0, 0.1) is 0 Å². The second kappa shape index (κ2) is 44.7. The third kappa shape index (κ3) is 48.0. The highest BCUT2D eigenvalue weighted by Crippen LogP contribution is 2.38. The Bertz CT molecular complexity index is 1110.